The van der Waals surface area contributed by atoms with Crippen LogP contribution in [0.5, 0.6) is 0 Å². The number of benzene rings is 5. The van der Waals surface area contributed by atoms with E-state index in [9.17, 15) is 54.3 Å². The zero-order chi connectivity index (χ0) is 104. The second-order valence-electron chi connectivity index (χ2n) is 38.5. The van der Waals surface area contributed by atoms with Gasteiger partial charge in [0.1, 0.15) is 83.4 Å². The number of amides is 10. The van der Waals surface area contributed by atoms with Crippen LogP contribution < -0.4 is 53.6 Å². The maximum Gasteiger partial charge on any atom is 0.410 e. The molecule has 17 N–H and O–H groups in total. The number of nitrogens with two attached hydrogens (primary N) is 1. The van der Waals surface area contributed by atoms with E-state index in [2.05, 4.69) is 52.8 Å². The third-order valence-corrected chi connectivity index (χ3v) is 31.9. The first-order valence-corrected chi connectivity index (χ1v) is 53.2. The number of carbonyl (C=O) groups excluding carboxylic acids is 13. The van der Waals surface area contributed by atoms with Gasteiger partial charge in [-0.15, -0.1) is 0 Å². The smallest absolute Gasteiger partial charge is 0.410 e. The van der Waals surface area contributed by atoms with Gasteiger partial charge in [0.2, 0.25) is 53.4 Å². The van der Waals surface area contributed by atoms with Gasteiger partial charge in [0, 0.05) is 117 Å². The highest BCUT2D eigenvalue weighted by molar-refractivity contribution is 8.77. The maximum atomic E-state index is 16.0. The topological polar surface area (TPSA) is 541 Å². The second kappa shape index (κ2) is 51.4. The van der Waals surface area contributed by atoms with E-state index in [1.54, 1.807) is 176 Å². The van der Waals surface area contributed by atoms with Crippen molar-refractivity contribution in [3.63, 3.8) is 0 Å². The Labute approximate surface area is 848 Å². The Morgan fingerprint density at radius 2 is 1.31 bits per heavy atom. The average Bonchev–Trinajstić information content (AvgIpc) is 1.23. The fourth-order valence-electron chi connectivity index (χ4n) is 19.1. The van der Waals surface area contributed by atoms with Gasteiger partial charge in [-0.2, -0.15) is 0 Å². The number of fused-ring (bicyclic) bond motifs is 6. The number of hydrogen-bond acceptors (Lipinski definition) is 30. The number of unbranched alkanes of at least 4 members (excludes halogenated alkanes) is 2. The molecule has 5 aliphatic rings. The number of H-pyrrole nitrogens is 1. The van der Waals surface area contributed by atoms with Crippen LogP contribution in [0.1, 0.15) is 159 Å². The van der Waals surface area contributed by atoms with Crippen LogP contribution in [-0.4, -0.2) is 297 Å². The Hall–Kier alpha value is -10.7. The lowest BCUT2D eigenvalue weighted by molar-refractivity contribution is -0.345. The van der Waals surface area contributed by atoms with E-state index < -0.39 is 227 Å². The van der Waals surface area contributed by atoms with Gasteiger partial charge in [-0.3, -0.25) is 43.2 Å². The summed E-state index contributed by atoms with van der Waals surface area (Å²) in [5.41, 5.74) is 0.244. The van der Waals surface area contributed by atoms with Gasteiger partial charge >= 0.3 is 24.1 Å². The van der Waals surface area contributed by atoms with Crippen molar-refractivity contribution < 1.29 is 121 Å². The molecule has 2 saturated carbocycles. The molecule has 37 nitrogen and oxygen atoms in total. The van der Waals surface area contributed by atoms with Crippen LogP contribution in [-0.2, 0) is 100 Å². The summed E-state index contributed by atoms with van der Waals surface area (Å²) < 4.78 is 43.8. The molecule has 0 spiro atoms. The number of aliphatic hydroxyl groups excluding tert-OH is 3. The highest BCUT2D eigenvalue weighted by Crippen LogP contribution is 2.64. The zero-order valence-electron chi connectivity index (χ0n) is 82.5. The number of Topliss-reactive ketones (excluding diaryl/α,β-unsaturated/α-hetero) is 1. The van der Waals surface area contributed by atoms with Crippen LogP contribution >= 0.6 is 43.2 Å². The number of para-hydroxylation sites is 1. The van der Waals surface area contributed by atoms with Crippen molar-refractivity contribution in [3.8, 4) is 0 Å². The molecule has 778 valence electrons. The van der Waals surface area contributed by atoms with E-state index >= 15 is 33.6 Å². The maximum absolute atomic E-state index is 16.0. The van der Waals surface area contributed by atoms with Crippen molar-refractivity contribution in [2.45, 2.75) is 260 Å². The summed E-state index contributed by atoms with van der Waals surface area (Å²) in [5.74, 6) is -11.6. The second-order valence-corrected chi connectivity index (χ2v) is 43.8. The monoisotopic (exact) mass is 2060 g/mol. The molecule has 3 heterocycles. The first-order valence-electron chi connectivity index (χ1n) is 48.2. The summed E-state index contributed by atoms with van der Waals surface area (Å²) in [6.07, 6.45) is -11.8. The van der Waals surface area contributed by atoms with Crippen molar-refractivity contribution in [1.29, 1.82) is 0 Å². The van der Waals surface area contributed by atoms with Crippen LogP contribution in [0.3, 0.4) is 0 Å². The molecule has 10 amide bonds. The fourth-order valence-corrected chi connectivity index (χ4v) is 23.4. The van der Waals surface area contributed by atoms with Crippen molar-refractivity contribution in [2.75, 3.05) is 70.1 Å². The molecule has 11 rings (SSSR count). The van der Waals surface area contributed by atoms with Crippen LogP contribution in [0, 0.1) is 16.7 Å². The molecular formula is C102H136N12O25S4. The number of esters is 2. The predicted octanol–water partition coefficient (Wildman–Crippen LogP) is 6.38. The third-order valence-electron chi connectivity index (χ3n) is 27.1. The number of aromatic nitrogens is 1. The van der Waals surface area contributed by atoms with Crippen LogP contribution in [0.4, 0.5) is 9.59 Å². The van der Waals surface area contributed by atoms with Gasteiger partial charge in [0.15, 0.2) is 5.78 Å². The SMILES string of the molecule is CCCCN(CCSSCCC(=O)N[C@H](Cc1ccccc1)C(=O)N[C@H]1CSSC[C@@H](C(=O)N[C@H](CO)[C@@H](C)O)NC(=O)[C@H]([C@@H](C)O)NC(=O)[C@H](CCCCN)NC(=O)[C@@H](Cc2c[nH]c3ccccc23)NC(=O)[C@H](Cc2ccccc2)NC1=O)C(=O)OC(C(=O)OC1C[C@@]2(O)[C@@H](OC(=O)c3ccccc3)[C@@H]3[C@]4(O)CO[C@@H]4C[C@H](OC)[C@@]3(C)C(=O)[C@H](OC)C(=C1C)C2(C)C)[C@@H](NC(=O)OC(C)(C)C)c1ccccc1. The van der Waals surface area contributed by atoms with Crippen LogP contribution in [0.15, 0.2) is 163 Å². The molecule has 2 bridgehead atoms. The van der Waals surface area contributed by atoms with E-state index in [1.807, 2.05) is 19.1 Å². The highest BCUT2D eigenvalue weighted by atomic mass is 33.1. The molecule has 4 fully saturated rings. The Bertz CT molecular complexity index is 5420. The minimum absolute atomic E-state index is 0.0247. The number of nitrogens with one attached hydrogen (secondary N) is 10. The summed E-state index contributed by atoms with van der Waals surface area (Å²) in [7, 11) is 7.12. The number of nitrogens with zero attached hydrogens (tertiary/aromatic N) is 1. The Kier molecular flexibility index (Phi) is 40.5. The molecule has 143 heavy (non-hydrogen) atoms. The highest BCUT2D eigenvalue weighted by Gasteiger charge is 2.77. The van der Waals surface area contributed by atoms with Crippen molar-refractivity contribution in [3.05, 3.63) is 191 Å². The molecule has 3 aliphatic carbocycles. The number of alkyl carbamates (subject to hydrolysis) is 1. The number of ketones is 1. The van der Waals surface area contributed by atoms with Crippen molar-refractivity contribution >= 4 is 131 Å². The zero-order valence-corrected chi connectivity index (χ0v) is 85.8. The summed E-state index contributed by atoms with van der Waals surface area (Å²) >= 11 is 0. The summed E-state index contributed by atoms with van der Waals surface area (Å²) in [6.45, 7) is 15.0. The standard InChI is InChI=1S/C102H136N12O25S4/c1-13-14-44-114(97(130)137-83(81(63-35-23-17-24-36-63)113-96(129)139-98(5,6)7)95(128)136-75-52-102(132)86(138-94(127)64-37-25-18-26-38-64)84-100(10,76(133-11)51-77-101(84,131)57-135-77)85(119)82(134-12)79(58(75)2)99(102,8)9)45-47-141-140-46-42-78(118)105-69(48-61-31-19-15-20-32-61)88(121)110-73-55-142-143-56-74(92(125)109-72(54-115)59(3)116)111-93(126)80(60(4)117)112-87(120)68(41-29-30-43-103)106-90(123)71(50-65-53-104-67-40-28-27-39-66(65)67)108-89(122)70(107-91(73)124)49-62-33-21-16-22-34-62/h15-28,31-40,53,59-60,68-77,80-84,86,104,115-117,131-132H,13-14,29-30,41-52,54-57,103H2,1-12H3,(H,105,118)(H,106,123)(H,107,124)(H,108,122)(H,109,125)(H,110,121)(H,111,126)(H,112,120)(H,113,129)/t59-,60-,68+,69-,70+,71-,72-,73+,74+,75?,76+,77-,80+,81+,82-,83?,84+,86+,100-,101+,102-/m1/s1. The fraction of sp³-hybridized carbons (Fsp3) is 0.539. The molecule has 2 aliphatic heterocycles. The van der Waals surface area contributed by atoms with Crippen molar-refractivity contribution in [2.24, 2.45) is 22.5 Å². The largest absolute Gasteiger partial charge is 0.455 e. The van der Waals surface area contributed by atoms with Gasteiger partial charge in [0.25, 0.3) is 0 Å². The summed E-state index contributed by atoms with van der Waals surface area (Å²) in [6, 6.07) is 27.1. The van der Waals surface area contributed by atoms with Gasteiger partial charge in [0.05, 0.1) is 54.6 Å². The molecule has 5 aromatic carbocycles. The van der Waals surface area contributed by atoms with Crippen LogP contribution in [0.25, 0.3) is 10.9 Å². The Balaban J connectivity index is 0.847. The minimum Gasteiger partial charge on any atom is -0.455 e. The Morgan fingerprint density at radius 3 is 1.93 bits per heavy atom. The lowest BCUT2D eigenvalue weighted by Gasteiger charge is -2.67. The number of aromatic amines is 1. The number of ether oxygens (including phenoxy) is 7. The molecular weight excluding hydrogens is 1920 g/mol. The first-order chi connectivity index (χ1) is 68.1. The van der Waals surface area contributed by atoms with Gasteiger partial charge in [-0.1, -0.05) is 198 Å². The molecule has 6 aromatic rings. The van der Waals surface area contributed by atoms with E-state index in [0.29, 0.717) is 46.9 Å². The molecule has 21 atom stereocenters. The lowest BCUT2D eigenvalue weighted by atomic mass is 9.44. The van der Waals surface area contributed by atoms with Gasteiger partial charge in [-0.25, -0.2) is 19.2 Å². The lowest BCUT2D eigenvalue weighted by Crippen LogP contribution is -2.81. The number of rotatable bonds is 38. The summed E-state index contributed by atoms with van der Waals surface area (Å²) in [5, 5.41) is 84.6. The molecule has 1 aromatic heterocycles. The van der Waals surface area contributed by atoms with Gasteiger partial charge in [-0.05, 0) is 132 Å². The molecule has 2 saturated heterocycles. The average molecular weight is 2060 g/mol. The van der Waals surface area contributed by atoms with Gasteiger partial charge < -0.3 is 122 Å². The number of hydrogen-bond donors (Lipinski definition) is 16. The van der Waals surface area contributed by atoms with Crippen LogP contribution in [0.2, 0.25) is 0 Å². The van der Waals surface area contributed by atoms with E-state index in [-0.39, 0.29) is 116 Å². The van der Waals surface area contributed by atoms with E-state index in [4.69, 9.17) is 38.9 Å². The van der Waals surface area contributed by atoms with Crippen molar-refractivity contribution in [1.82, 2.24) is 57.7 Å². The number of carbonyl (C=O) groups is 13. The number of aliphatic hydroxyl groups is 5. The quantitative estimate of drug-likeness (QED) is 0.00657. The Morgan fingerprint density at radius 1 is 0.692 bits per heavy atom. The minimum atomic E-state index is -2.39. The third kappa shape index (κ3) is 28.2. The molecule has 41 heteroatoms. The summed E-state index contributed by atoms with van der Waals surface area (Å²) in [4.78, 5) is 200. The predicted molar refractivity (Wildman–Crippen MR) is 540 cm³/mol. The van der Waals surface area contributed by atoms with E-state index in [0.717, 1.165) is 21.6 Å². The molecule has 2 unspecified atom stereocenters. The molecule has 0 radical (unpaired) electrons. The number of methoxy groups -OCH3 is 2. The first kappa shape index (κ1) is 113. The normalized spacial score (nSPS) is 26.2. The van der Waals surface area contributed by atoms with E-state index in [1.165, 1.54) is 66.7 Å².